The molecular weight excluding hydrogens is 633 g/mol. The second-order valence-corrected chi connectivity index (χ2v) is 13.4. The van der Waals surface area contributed by atoms with Crippen molar-refractivity contribution in [3.05, 3.63) is 182 Å². The van der Waals surface area contributed by atoms with Crippen LogP contribution in [0.3, 0.4) is 0 Å². The van der Waals surface area contributed by atoms with Crippen molar-refractivity contribution in [2.24, 2.45) is 0 Å². The number of hydrogen-bond donors (Lipinski definition) is 0. The molecule has 8 aromatic carbocycles. The molecule has 0 spiro atoms. The molecular formula is C48H30N4. The fraction of sp³-hybridized carbons (Fsp3) is 0. The van der Waals surface area contributed by atoms with E-state index < -0.39 is 0 Å². The molecule has 52 heavy (non-hydrogen) atoms. The van der Waals surface area contributed by atoms with E-state index in [2.05, 4.69) is 161 Å². The van der Waals surface area contributed by atoms with Crippen LogP contribution in [0.5, 0.6) is 0 Å². The van der Waals surface area contributed by atoms with Crippen LogP contribution in [0, 0.1) is 0 Å². The zero-order valence-corrected chi connectivity index (χ0v) is 28.1. The normalized spacial score (nSPS) is 11.8. The van der Waals surface area contributed by atoms with Crippen LogP contribution in [-0.4, -0.2) is 19.1 Å². The maximum absolute atomic E-state index is 5.22. The minimum Gasteiger partial charge on any atom is -0.309 e. The van der Waals surface area contributed by atoms with Gasteiger partial charge in [-0.2, -0.15) is 0 Å². The maximum Gasteiger partial charge on any atom is 0.0973 e. The molecule has 0 aliphatic carbocycles. The number of aromatic nitrogens is 4. The van der Waals surface area contributed by atoms with Crippen molar-refractivity contribution in [2.45, 2.75) is 0 Å². The zero-order chi connectivity index (χ0) is 34.2. The Hall–Kier alpha value is -7.04. The van der Waals surface area contributed by atoms with Crippen LogP contribution in [0.15, 0.2) is 182 Å². The first-order chi connectivity index (χ1) is 25.8. The van der Waals surface area contributed by atoms with Gasteiger partial charge in [0, 0.05) is 44.0 Å². The van der Waals surface area contributed by atoms with Crippen LogP contribution in [-0.2, 0) is 0 Å². The largest absolute Gasteiger partial charge is 0.309 e. The lowest BCUT2D eigenvalue weighted by Gasteiger charge is -2.13. The van der Waals surface area contributed by atoms with Gasteiger partial charge in [-0.3, -0.25) is 0 Å². The summed E-state index contributed by atoms with van der Waals surface area (Å²) in [7, 11) is 0. The van der Waals surface area contributed by atoms with E-state index in [4.69, 9.17) is 9.97 Å². The predicted molar refractivity (Wildman–Crippen MR) is 217 cm³/mol. The summed E-state index contributed by atoms with van der Waals surface area (Å²) in [5, 5.41) is 7.37. The summed E-state index contributed by atoms with van der Waals surface area (Å²) < 4.78 is 4.83. The van der Waals surface area contributed by atoms with Crippen LogP contribution in [0.25, 0.3) is 99.3 Å². The molecule has 0 saturated heterocycles. The first kappa shape index (κ1) is 28.8. The number of hydrogen-bond acceptors (Lipinski definition) is 2. The average molecular weight is 663 g/mol. The molecule has 0 saturated carbocycles. The summed E-state index contributed by atoms with van der Waals surface area (Å²) in [6, 6.07) is 64.9. The van der Waals surface area contributed by atoms with Gasteiger partial charge in [-0.25, -0.2) is 9.97 Å². The number of nitrogens with zero attached hydrogens (tertiary/aromatic N) is 4. The summed E-state index contributed by atoms with van der Waals surface area (Å²) >= 11 is 0. The quantitative estimate of drug-likeness (QED) is 0.188. The topological polar surface area (TPSA) is 35.6 Å². The van der Waals surface area contributed by atoms with E-state index in [-0.39, 0.29) is 0 Å². The van der Waals surface area contributed by atoms with E-state index >= 15 is 0 Å². The molecule has 4 nitrogen and oxygen atoms in total. The van der Waals surface area contributed by atoms with Gasteiger partial charge in [0.15, 0.2) is 0 Å². The van der Waals surface area contributed by atoms with Gasteiger partial charge in [0.25, 0.3) is 0 Å². The zero-order valence-electron chi connectivity index (χ0n) is 28.1. The van der Waals surface area contributed by atoms with Gasteiger partial charge in [0.1, 0.15) is 0 Å². The Balaban J connectivity index is 1.17. The van der Waals surface area contributed by atoms with E-state index in [1.54, 1.807) is 0 Å². The molecule has 0 bridgehead atoms. The Labute approximate surface area is 299 Å². The van der Waals surface area contributed by atoms with Gasteiger partial charge in [-0.1, -0.05) is 121 Å². The van der Waals surface area contributed by atoms with Crippen molar-refractivity contribution in [3.63, 3.8) is 0 Å². The highest BCUT2D eigenvalue weighted by atomic mass is 15.0. The lowest BCUT2D eigenvalue weighted by atomic mass is 10.0. The molecule has 0 radical (unpaired) electrons. The Morgan fingerprint density at radius 2 is 0.827 bits per heavy atom. The molecule has 3 heterocycles. The van der Waals surface area contributed by atoms with Crippen molar-refractivity contribution >= 4 is 65.4 Å². The molecule has 3 aromatic heterocycles. The number of para-hydroxylation sites is 4. The number of benzene rings is 8. The second kappa shape index (κ2) is 11.2. The van der Waals surface area contributed by atoms with Gasteiger partial charge >= 0.3 is 0 Å². The summed E-state index contributed by atoms with van der Waals surface area (Å²) in [4.78, 5) is 10.4. The van der Waals surface area contributed by atoms with Crippen LogP contribution in [0.1, 0.15) is 0 Å². The van der Waals surface area contributed by atoms with Crippen molar-refractivity contribution in [1.29, 1.82) is 0 Å². The fourth-order valence-electron chi connectivity index (χ4n) is 8.09. The van der Waals surface area contributed by atoms with Gasteiger partial charge in [0.2, 0.25) is 0 Å². The smallest absolute Gasteiger partial charge is 0.0973 e. The minimum absolute atomic E-state index is 0.869. The molecule has 0 unspecified atom stereocenters. The first-order valence-corrected chi connectivity index (χ1v) is 17.7. The van der Waals surface area contributed by atoms with Crippen molar-refractivity contribution in [2.75, 3.05) is 0 Å². The van der Waals surface area contributed by atoms with Crippen LogP contribution < -0.4 is 0 Å². The Bertz CT molecular complexity index is 3190. The van der Waals surface area contributed by atoms with E-state index in [1.165, 1.54) is 48.9 Å². The third kappa shape index (κ3) is 4.34. The van der Waals surface area contributed by atoms with E-state index in [1.807, 2.05) is 30.3 Å². The number of fused-ring (bicyclic) bond motifs is 8. The Kier molecular flexibility index (Phi) is 6.22. The molecule has 242 valence electrons. The molecule has 0 N–H and O–H groups in total. The van der Waals surface area contributed by atoms with Gasteiger partial charge in [-0.15, -0.1) is 0 Å². The molecule has 0 aliphatic heterocycles. The average Bonchev–Trinajstić information content (AvgIpc) is 3.71. The van der Waals surface area contributed by atoms with Crippen LogP contribution >= 0.6 is 0 Å². The van der Waals surface area contributed by atoms with Gasteiger partial charge in [0.05, 0.1) is 44.5 Å². The van der Waals surface area contributed by atoms with Gasteiger partial charge in [-0.05, 0) is 71.4 Å². The molecule has 0 fully saturated rings. The third-order valence-electron chi connectivity index (χ3n) is 10.5. The summed E-state index contributed by atoms with van der Waals surface area (Å²) in [5.41, 5.74) is 12.5. The lowest BCUT2D eigenvalue weighted by Crippen LogP contribution is -1.98. The second-order valence-electron chi connectivity index (χ2n) is 13.4. The van der Waals surface area contributed by atoms with E-state index in [0.29, 0.717) is 0 Å². The minimum atomic E-state index is 0.869. The summed E-state index contributed by atoms with van der Waals surface area (Å²) in [6.45, 7) is 0. The highest BCUT2D eigenvalue weighted by Gasteiger charge is 2.20. The summed E-state index contributed by atoms with van der Waals surface area (Å²) in [6.07, 6.45) is 0. The lowest BCUT2D eigenvalue weighted by molar-refractivity contribution is 1.17. The summed E-state index contributed by atoms with van der Waals surface area (Å²) in [5.74, 6) is 0. The standard InChI is InChI=1S/C48H30N4/c1-2-14-32(15-3-1)47-48(50-42-22-9-8-21-41(42)49-47)34-17-12-18-35(28-34)51-43-23-10-6-19-37(43)39-30-46-40(29-45(39)51)38-20-7-11-24-44(38)52(46)36-26-25-31-13-4-5-16-33(31)27-36/h1-30H. The van der Waals surface area contributed by atoms with Gasteiger partial charge < -0.3 is 9.13 Å². The fourth-order valence-corrected chi connectivity index (χ4v) is 8.09. The van der Waals surface area contributed by atoms with E-state index in [9.17, 15) is 0 Å². The van der Waals surface area contributed by atoms with Crippen molar-refractivity contribution in [1.82, 2.24) is 19.1 Å². The van der Waals surface area contributed by atoms with Crippen LogP contribution in [0.2, 0.25) is 0 Å². The molecule has 4 heteroatoms. The molecule has 0 amide bonds. The molecule has 0 aliphatic rings. The Morgan fingerprint density at radius 3 is 1.50 bits per heavy atom. The monoisotopic (exact) mass is 662 g/mol. The van der Waals surface area contributed by atoms with Crippen molar-refractivity contribution in [3.8, 4) is 33.9 Å². The highest BCUT2D eigenvalue weighted by molar-refractivity contribution is 6.19. The van der Waals surface area contributed by atoms with E-state index in [0.717, 1.165) is 50.4 Å². The highest BCUT2D eigenvalue weighted by Crippen LogP contribution is 2.41. The predicted octanol–water partition coefficient (Wildman–Crippen LogP) is 12.3. The number of rotatable bonds is 4. The molecule has 11 aromatic rings. The SMILES string of the molecule is c1ccc(-c2nc3ccccc3nc2-c2cccc(-n3c4ccccc4c4cc5c(cc43)c3ccccc3n5-c3ccc4ccccc4c3)c2)cc1. The Morgan fingerprint density at radius 1 is 0.308 bits per heavy atom. The maximum atomic E-state index is 5.22. The third-order valence-corrected chi connectivity index (χ3v) is 10.5. The van der Waals surface area contributed by atoms with Crippen LogP contribution in [0.4, 0.5) is 0 Å². The first-order valence-electron chi connectivity index (χ1n) is 17.7. The molecule has 11 rings (SSSR count). The van der Waals surface area contributed by atoms with Crippen molar-refractivity contribution < 1.29 is 0 Å². The molecule has 0 atom stereocenters.